The molecule has 42 heavy (non-hydrogen) atoms. The van der Waals surface area contributed by atoms with Gasteiger partial charge < -0.3 is 18.9 Å². The Bertz CT molecular complexity index is 1140. The van der Waals surface area contributed by atoms with Gasteiger partial charge in [0.05, 0.1) is 19.8 Å². The second-order valence-corrected chi connectivity index (χ2v) is 10.8. The molecule has 2 aromatic rings. The van der Waals surface area contributed by atoms with Crippen molar-refractivity contribution in [2.75, 3.05) is 19.8 Å². The van der Waals surface area contributed by atoms with Gasteiger partial charge in [-0.25, -0.2) is 9.59 Å². The van der Waals surface area contributed by atoms with Crippen LogP contribution in [0.1, 0.15) is 75.8 Å². The number of hydrogen-bond donors (Lipinski definition) is 0. The van der Waals surface area contributed by atoms with E-state index in [-0.39, 0.29) is 24.3 Å². The van der Waals surface area contributed by atoms with Crippen LogP contribution in [-0.4, -0.2) is 37.7 Å². The van der Waals surface area contributed by atoms with Crippen LogP contribution in [0.2, 0.25) is 0 Å². The van der Waals surface area contributed by atoms with Crippen molar-refractivity contribution >= 4 is 24.0 Å². The predicted molar refractivity (Wildman–Crippen MR) is 163 cm³/mol. The molecule has 0 unspecified atom stereocenters. The molecular weight excluding hydrogens is 532 g/mol. The van der Waals surface area contributed by atoms with Crippen LogP contribution in [-0.2, 0) is 30.3 Å². The number of ether oxygens (including phenoxy) is 4. The van der Waals surface area contributed by atoms with Crippen LogP contribution in [0.3, 0.4) is 0 Å². The first-order valence-electron chi connectivity index (χ1n) is 15.1. The number of carbonyl (C=O) groups is 3. The summed E-state index contributed by atoms with van der Waals surface area (Å²) < 4.78 is 21.8. The third kappa shape index (κ3) is 12.8. The van der Waals surface area contributed by atoms with E-state index in [9.17, 15) is 14.4 Å². The van der Waals surface area contributed by atoms with Gasteiger partial charge >= 0.3 is 17.9 Å². The number of rotatable bonds is 17. The minimum atomic E-state index is -0.390. The molecule has 0 aromatic heterocycles. The number of aryl methyl sites for hydroxylation is 1. The molecule has 0 heterocycles. The summed E-state index contributed by atoms with van der Waals surface area (Å²) in [5.41, 5.74) is 1.85. The summed E-state index contributed by atoms with van der Waals surface area (Å²) in [4.78, 5) is 35.7. The van der Waals surface area contributed by atoms with Crippen LogP contribution in [0.25, 0.3) is 6.08 Å². The topological polar surface area (TPSA) is 88.1 Å². The van der Waals surface area contributed by atoms with Gasteiger partial charge in [0.2, 0.25) is 0 Å². The van der Waals surface area contributed by atoms with Gasteiger partial charge in [-0.1, -0.05) is 57.0 Å². The van der Waals surface area contributed by atoms with Gasteiger partial charge in [-0.15, -0.1) is 0 Å². The standard InChI is InChI=1S/C35H44O7/c1-3-5-6-7-24-39-31-18-12-27(13-19-31)17-23-35(38)42-32-20-14-28(15-21-32)16-22-34(37)41-26-30-10-8-29(9-11-30)25-40-33(36)4-2/h4,12-16,18-22,29-30H,2-3,5-11,17,23-26H2,1H3/b22-16+. The lowest BCUT2D eigenvalue weighted by molar-refractivity contribution is -0.141. The molecule has 0 saturated heterocycles. The highest BCUT2D eigenvalue weighted by atomic mass is 16.5. The van der Waals surface area contributed by atoms with Gasteiger partial charge in [-0.2, -0.15) is 0 Å². The van der Waals surface area contributed by atoms with E-state index < -0.39 is 0 Å². The summed E-state index contributed by atoms with van der Waals surface area (Å²) in [6.45, 7) is 7.12. The quantitative estimate of drug-likeness (QED) is 0.0846. The summed E-state index contributed by atoms with van der Waals surface area (Å²) >= 11 is 0. The smallest absolute Gasteiger partial charge is 0.330 e. The fourth-order valence-corrected chi connectivity index (χ4v) is 4.78. The Morgan fingerprint density at radius 2 is 1.43 bits per heavy atom. The zero-order chi connectivity index (χ0) is 30.0. The van der Waals surface area contributed by atoms with Crippen molar-refractivity contribution in [2.24, 2.45) is 11.8 Å². The van der Waals surface area contributed by atoms with Crippen LogP contribution < -0.4 is 9.47 Å². The molecule has 0 aliphatic heterocycles. The average Bonchev–Trinajstić information content (AvgIpc) is 3.02. The summed E-state index contributed by atoms with van der Waals surface area (Å²) in [5.74, 6) is 0.905. The highest BCUT2D eigenvalue weighted by Gasteiger charge is 2.23. The van der Waals surface area contributed by atoms with Crippen molar-refractivity contribution in [3.63, 3.8) is 0 Å². The molecule has 0 atom stereocenters. The maximum Gasteiger partial charge on any atom is 0.330 e. The zero-order valence-corrected chi connectivity index (χ0v) is 24.8. The minimum absolute atomic E-state index is 0.273. The van der Waals surface area contributed by atoms with E-state index >= 15 is 0 Å². The molecule has 1 aliphatic carbocycles. The molecule has 0 amide bonds. The van der Waals surface area contributed by atoms with E-state index in [1.807, 2.05) is 24.3 Å². The van der Waals surface area contributed by atoms with Crippen LogP contribution in [0.15, 0.2) is 67.3 Å². The average molecular weight is 577 g/mol. The van der Waals surface area contributed by atoms with E-state index in [2.05, 4.69) is 13.5 Å². The van der Waals surface area contributed by atoms with Gasteiger partial charge in [0.25, 0.3) is 0 Å². The zero-order valence-electron chi connectivity index (χ0n) is 24.8. The van der Waals surface area contributed by atoms with Crippen molar-refractivity contribution in [1.82, 2.24) is 0 Å². The summed E-state index contributed by atoms with van der Waals surface area (Å²) in [6, 6.07) is 14.8. The van der Waals surface area contributed by atoms with Crippen LogP contribution in [0.5, 0.6) is 11.5 Å². The van der Waals surface area contributed by atoms with Gasteiger partial charge in [0.1, 0.15) is 11.5 Å². The van der Waals surface area contributed by atoms with E-state index in [4.69, 9.17) is 18.9 Å². The van der Waals surface area contributed by atoms with Crippen molar-refractivity contribution < 1.29 is 33.3 Å². The highest BCUT2D eigenvalue weighted by Crippen LogP contribution is 2.29. The number of hydrogen-bond acceptors (Lipinski definition) is 7. The Kier molecular flexibility index (Phi) is 14.4. The Hall–Kier alpha value is -3.87. The molecule has 1 saturated carbocycles. The van der Waals surface area contributed by atoms with Crippen molar-refractivity contribution in [2.45, 2.75) is 71.1 Å². The third-order valence-electron chi connectivity index (χ3n) is 7.39. The molecule has 7 nitrogen and oxygen atoms in total. The highest BCUT2D eigenvalue weighted by molar-refractivity contribution is 5.87. The summed E-state index contributed by atoms with van der Waals surface area (Å²) in [7, 11) is 0. The first-order chi connectivity index (χ1) is 20.4. The Labute approximate surface area is 249 Å². The molecule has 0 bridgehead atoms. The van der Waals surface area contributed by atoms with Crippen LogP contribution >= 0.6 is 0 Å². The molecule has 7 heteroatoms. The molecular formula is C35H44O7. The number of benzene rings is 2. The number of esters is 3. The van der Waals surface area contributed by atoms with Gasteiger partial charge in [0, 0.05) is 18.6 Å². The molecule has 226 valence electrons. The third-order valence-corrected chi connectivity index (χ3v) is 7.39. The maximum atomic E-state index is 12.3. The molecule has 0 radical (unpaired) electrons. The number of carbonyl (C=O) groups excluding carboxylic acids is 3. The Morgan fingerprint density at radius 1 is 0.810 bits per heavy atom. The van der Waals surface area contributed by atoms with Gasteiger partial charge in [-0.3, -0.25) is 4.79 Å². The fourth-order valence-electron chi connectivity index (χ4n) is 4.78. The van der Waals surface area contributed by atoms with E-state index in [0.29, 0.717) is 37.2 Å². The molecule has 0 N–H and O–H groups in total. The van der Waals surface area contributed by atoms with E-state index in [1.54, 1.807) is 30.3 Å². The molecule has 2 aromatic carbocycles. The van der Waals surface area contributed by atoms with Crippen LogP contribution in [0.4, 0.5) is 0 Å². The van der Waals surface area contributed by atoms with Gasteiger partial charge in [0.15, 0.2) is 0 Å². The fraction of sp³-hybridized carbons (Fsp3) is 0.457. The van der Waals surface area contributed by atoms with Crippen molar-refractivity contribution in [1.29, 1.82) is 0 Å². The largest absolute Gasteiger partial charge is 0.494 e. The van der Waals surface area contributed by atoms with E-state index in [1.165, 1.54) is 31.4 Å². The first-order valence-corrected chi connectivity index (χ1v) is 15.1. The Morgan fingerprint density at radius 3 is 2.05 bits per heavy atom. The van der Waals surface area contributed by atoms with Crippen molar-refractivity contribution in [3.05, 3.63) is 78.4 Å². The van der Waals surface area contributed by atoms with Gasteiger partial charge in [-0.05, 0) is 91.8 Å². The monoisotopic (exact) mass is 576 g/mol. The lowest BCUT2D eigenvalue weighted by atomic mass is 9.83. The number of unbranched alkanes of at least 4 members (excludes halogenated alkanes) is 3. The molecule has 0 spiro atoms. The molecule has 1 aliphatic rings. The predicted octanol–water partition coefficient (Wildman–Crippen LogP) is 7.28. The normalized spacial score (nSPS) is 16.5. The second-order valence-electron chi connectivity index (χ2n) is 10.8. The summed E-state index contributed by atoms with van der Waals surface area (Å²) in [5, 5.41) is 0. The lowest BCUT2D eigenvalue weighted by Gasteiger charge is -2.27. The first kappa shape index (κ1) is 32.6. The van der Waals surface area contributed by atoms with Crippen molar-refractivity contribution in [3.8, 4) is 11.5 Å². The Balaban J connectivity index is 1.30. The van der Waals surface area contributed by atoms with Crippen LogP contribution in [0, 0.1) is 11.8 Å². The summed E-state index contributed by atoms with van der Waals surface area (Å²) in [6.07, 6.45) is 13.6. The second kappa shape index (κ2) is 18.5. The maximum absolute atomic E-state index is 12.3. The molecule has 3 rings (SSSR count). The molecule has 1 fully saturated rings. The van der Waals surface area contributed by atoms with E-state index in [0.717, 1.165) is 55.6 Å². The lowest BCUT2D eigenvalue weighted by Crippen LogP contribution is -2.23. The minimum Gasteiger partial charge on any atom is -0.494 e. The SMILES string of the molecule is C=CC(=O)OCC1CCC(COC(=O)/C=C/c2ccc(OC(=O)CCc3ccc(OCCCCCC)cc3)cc2)CC1.